The number of rotatable bonds is 4. The number of nitrogens with one attached hydrogen (secondary N) is 1. The number of amides is 1. The smallest absolute Gasteiger partial charge is 0.231 e. The van der Waals surface area contributed by atoms with Gasteiger partial charge in [0.15, 0.2) is 5.82 Å². The third-order valence-corrected chi connectivity index (χ3v) is 4.58. The second-order valence-electron chi connectivity index (χ2n) is 6.55. The predicted molar refractivity (Wildman–Crippen MR) is 91.8 cm³/mol. The van der Waals surface area contributed by atoms with Gasteiger partial charge in [-0.05, 0) is 48.2 Å². The summed E-state index contributed by atoms with van der Waals surface area (Å²) in [6, 6.07) is 6.04. The zero-order valence-electron chi connectivity index (χ0n) is 14.0. The van der Waals surface area contributed by atoms with E-state index >= 15 is 0 Å². The Hall–Kier alpha value is -2.83. The molecule has 26 heavy (non-hydrogen) atoms. The topological polar surface area (TPSA) is 46.4 Å². The van der Waals surface area contributed by atoms with Crippen molar-refractivity contribution in [2.75, 3.05) is 5.32 Å². The molecule has 1 aliphatic rings. The van der Waals surface area contributed by atoms with E-state index in [0.29, 0.717) is 22.3 Å². The first-order chi connectivity index (χ1) is 12.5. The first kappa shape index (κ1) is 16.6. The Morgan fingerprint density at radius 1 is 1.35 bits per heavy atom. The average molecular weight is 359 g/mol. The van der Waals surface area contributed by atoms with Crippen molar-refractivity contribution in [3.63, 3.8) is 0 Å². The first-order valence-electron chi connectivity index (χ1n) is 8.25. The predicted octanol–water partition coefficient (Wildman–Crippen LogP) is 4.21. The van der Waals surface area contributed by atoms with E-state index < -0.39 is 24.7 Å². The number of alkyl halides is 2. The summed E-state index contributed by atoms with van der Waals surface area (Å²) in [6.07, 6.45) is 2.36. The number of imidazole rings is 1. The highest BCUT2D eigenvalue weighted by Crippen LogP contribution is 2.35. The minimum absolute atomic E-state index is 0.220. The maximum atomic E-state index is 13.6. The van der Waals surface area contributed by atoms with Gasteiger partial charge in [0, 0.05) is 11.8 Å². The van der Waals surface area contributed by atoms with Crippen LogP contribution < -0.4 is 5.32 Å². The van der Waals surface area contributed by atoms with E-state index in [0.717, 1.165) is 5.56 Å². The zero-order chi connectivity index (χ0) is 18.4. The van der Waals surface area contributed by atoms with E-state index in [-0.39, 0.29) is 18.1 Å². The van der Waals surface area contributed by atoms with Crippen molar-refractivity contribution in [2.24, 2.45) is 5.92 Å². The van der Waals surface area contributed by atoms with Crippen LogP contribution in [0.25, 0.3) is 16.8 Å². The third kappa shape index (κ3) is 2.94. The molecule has 0 radical (unpaired) electrons. The highest BCUT2D eigenvalue weighted by molar-refractivity contribution is 5.94. The largest absolute Gasteiger partial charge is 0.309 e. The minimum atomic E-state index is -1.10. The lowest BCUT2D eigenvalue weighted by Crippen LogP contribution is -2.15. The molecule has 134 valence electrons. The van der Waals surface area contributed by atoms with Crippen molar-refractivity contribution in [2.45, 2.75) is 26.2 Å². The lowest BCUT2D eigenvalue weighted by Gasteiger charge is -2.09. The van der Waals surface area contributed by atoms with E-state index in [1.54, 1.807) is 28.9 Å². The summed E-state index contributed by atoms with van der Waals surface area (Å²) in [5.74, 6) is -1.21. The van der Waals surface area contributed by atoms with Gasteiger partial charge in [-0.25, -0.2) is 18.2 Å². The molecule has 2 heterocycles. The molecule has 0 aliphatic heterocycles. The van der Waals surface area contributed by atoms with Crippen LogP contribution in [0.2, 0.25) is 0 Å². The van der Waals surface area contributed by atoms with Crippen LogP contribution in [-0.4, -0.2) is 21.5 Å². The molecule has 2 aromatic heterocycles. The monoisotopic (exact) mass is 359 g/mol. The van der Waals surface area contributed by atoms with Crippen LogP contribution in [0.5, 0.6) is 0 Å². The Bertz CT molecular complexity index is 1010. The van der Waals surface area contributed by atoms with Gasteiger partial charge in [0.1, 0.15) is 24.3 Å². The van der Waals surface area contributed by atoms with Crippen LogP contribution in [-0.2, 0) is 11.5 Å². The quantitative estimate of drug-likeness (QED) is 0.758. The lowest BCUT2D eigenvalue weighted by atomic mass is 10.0. The SMILES string of the molecule is Cc1ccc(F)cc1-c1cc(CF)c2nc(NC(=O)C3CC3F)cn2c1. The molecule has 0 saturated heterocycles. The molecule has 0 spiro atoms. The van der Waals surface area contributed by atoms with Gasteiger partial charge in [0.05, 0.1) is 12.1 Å². The zero-order valence-corrected chi connectivity index (χ0v) is 14.0. The molecule has 3 aromatic rings. The summed E-state index contributed by atoms with van der Waals surface area (Å²) in [6.45, 7) is 1.09. The van der Waals surface area contributed by atoms with Gasteiger partial charge in [0.2, 0.25) is 5.91 Å². The molecule has 1 N–H and O–H groups in total. The van der Waals surface area contributed by atoms with Crippen molar-refractivity contribution in [3.05, 3.63) is 53.6 Å². The molecule has 2 atom stereocenters. The first-order valence-corrected chi connectivity index (χ1v) is 8.25. The lowest BCUT2D eigenvalue weighted by molar-refractivity contribution is -0.117. The molecule has 1 amide bonds. The van der Waals surface area contributed by atoms with Crippen molar-refractivity contribution in [1.29, 1.82) is 0 Å². The number of nitrogens with zero attached hydrogens (tertiary/aromatic N) is 2. The molecular formula is C19H16F3N3O. The highest BCUT2D eigenvalue weighted by Gasteiger charge is 2.43. The summed E-state index contributed by atoms with van der Waals surface area (Å²) in [4.78, 5) is 16.1. The Kier molecular flexibility index (Phi) is 3.94. The molecule has 1 fully saturated rings. The Morgan fingerprint density at radius 2 is 2.12 bits per heavy atom. The number of hydrogen-bond acceptors (Lipinski definition) is 2. The third-order valence-electron chi connectivity index (χ3n) is 4.58. The van der Waals surface area contributed by atoms with Crippen LogP contribution in [0.15, 0.2) is 36.7 Å². The van der Waals surface area contributed by atoms with Gasteiger partial charge in [-0.2, -0.15) is 0 Å². The van der Waals surface area contributed by atoms with Crippen molar-refractivity contribution in [1.82, 2.24) is 9.38 Å². The summed E-state index contributed by atoms with van der Waals surface area (Å²) in [7, 11) is 0. The van der Waals surface area contributed by atoms with Crippen molar-refractivity contribution < 1.29 is 18.0 Å². The van der Waals surface area contributed by atoms with E-state index in [1.807, 2.05) is 6.92 Å². The number of pyridine rings is 1. The standard InChI is InChI=1S/C19H16F3N3O/c1-10-2-3-13(21)5-14(10)12-4-11(7-20)18-23-17(9-25(18)8-12)24-19(26)15-6-16(15)22/h2-5,8-9,15-16H,6-7H2,1H3,(H,24,26). The number of hydrogen-bond donors (Lipinski definition) is 1. The number of carbonyl (C=O) groups excluding carboxylic acids is 1. The summed E-state index contributed by atoms with van der Waals surface area (Å²) in [5, 5.41) is 2.56. The number of aryl methyl sites for hydroxylation is 1. The Balaban J connectivity index is 1.75. The summed E-state index contributed by atoms with van der Waals surface area (Å²) >= 11 is 0. The summed E-state index contributed by atoms with van der Waals surface area (Å²) in [5.41, 5.74) is 2.82. The van der Waals surface area contributed by atoms with E-state index in [1.165, 1.54) is 12.1 Å². The molecule has 2 unspecified atom stereocenters. The second-order valence-corrected chi connectivity index (χ2v) is 6.55. The maximum Gasteiger partial charge on any atom is 0.231 e. The molecule has 0 bridgehead atoms. The average Bonchev–Trinajstić information content (AvgIpc) is 3.21. The summed E-state index contributed by atoms with van der Waals surface area (Å²) < 4.78 is 41.7. The van der Waals surface area contributed by atoms with Crippen LogP contribution in [0.1, 0.15) is 17.5 Å². The van der Waals surface area contributed by atoms with Crippen LogP contribution in [0, 0.1) is 18.7 Å². The number of benzene rings is 1. The number of halogens is 3. The van der Waals surface area contributed by atoms with Gasteiger partial charge in [-0.15, -0.1) is 0 Å². The van der Waals surface area contributed by atoms with Gasteiger partial charge in [0.25, 0.3) is 0 Å². The normalized spacial score (nSPS) is 18.9. The molecule has 1 aliphatic carbocycles. The second kappa shape index (κ2) is 6.16. The number of carbonyl (C=O) groups is 1. The minimum Gasteiger partial charge on any atom is -0.309 e. The van der Waals surface area contributed by atoms with Crippen LogP contribution in [0.4, 0.5) is 19.0 Å². The van der Waals surface area contributed by atoms with Gasteiger partial charge in [-0.1, -0.05) is 6.07 Å². The molecule has 1 aromatic carbocycles. The Morgan fingerprint density at radius 3 is 2.81 bits per heavy atom. The number of fused-ring (bicyclic) bond motifs is 1. The fourth-order valence-corrected chi connectivity index (χ4v) is 3.03. The molecular weight excluding hydrogens is 343 g/mol. The molecule has 1 saturated carbocycles. The van der Waals surface area contributed by atoms with Gasteiger partial charge < -0.3 is 9.72 Å². The fourth-order valence-electron chi connectivity index (χ4n) is 3.03. The van der Waals surface area contributed by atoms with Crippen LogP contribution in [0.3, 0.4) is 0 Å². The van der Waals surface area contributed by atoms with Crippen molar-refractivity contribution >= 4 is 17.4 Å². The highest BCUT2D eigenvalue weighted by atomic mass is 19.1. The number of anilines is 1. The van der Waals surface area contributed by atoms with E-state index in [4.69, 9.17) is 0 Å². The van der Waals surface area contributed by atoms with Crippen molar-refractivity contribution in [3.8, 4) is 11.1 Å². The van der Waals surface area contributed by atoms with Crippen LogP contribution >= 0.6 is 0 Å². The molecule has 7 heteroatoms. The maximum absolute atomic E-state index is 13.6. The van der Waals surface area contributed by atoms with Gasteiger partial charge in [-0.3, -0.25) is 4.79 Å². The van der Waals surface area contributed by atoms with E-state index in [9.17, 15) is 18.0 Å². The molecule has 4 nitrogen and oxygen atoms in total. The Labute approximate surface area is 147 Å². The van der Waals surface area contributed by atoms with Gasteiger partial charge >= 0.3 is 0 Å². The number of aromatic nitrogens is 2. The fraction of sp³-hybridized carbons (Fsp3) is 0.263. The molecule has 4 rings (SSSR count). The van der Waals surface area contributed by atoms with E-state index in [2.05, 4.69) is 10.3 Å².